The molecule has 10 heteroatoms. The minimum atomic E-state index is -5.10. The highest BCUT2D eigenvalue weighted by molar-refractivity contribution is 6.30. The molecule has 1 aliphatic rings. The molecule has 1 saturated carbocycles. The van der Waals surface area contributed by atoms with Crippen LogP contribution in [0.2, 0.25) is 5.02 Å². The number of H-pyrrole nitrogens is 1. The Labute approximate surface area is 230 Å². The maximum Gasteiger partial charge on any atom is 0.490 e. The number of fused-ring (bicyclic) bond motifs is 1. The van der Waals surface area contributed by atoms with Gasteiger partial charge in [0.1, 0.15) is 6.10 Å². The number of ether oxygens (including phenoxy) is 1. The van der Waals surface area contributed by atoms with Crippen molar-refractivity contribution in [2.24, 2.45) is 0 Å². The van der Waals surface area contributed by atoms with Gasteiger partial charge < -0.3 is 19.9 Å². The van der Waals surface area contributed by atoms with Crippen LogP contribution in [0.15, 0.2) is 48.7 Å². The predicted octanol–water partition coefficient (Wildman–Crippen LogP) is 6.59. The molecule has 0 bridgehead atoms. The fourth-order valence-electron chi connectivity index (χ4n) is 5.22. The van der Waals surface area contributed by atoms with Crippen LogP contribution in [0.4, 0.5) is 13.2 Å². The number of rotatable bonds is 9. The van der Waals surface area contributed by atoms with Crippen molar-refractivity contribution < 1.29 is 27.5 Å². The third-order valence-corrected chi connectivity index (χ3v) is 7.59. The largest absolute Gasteiger partial charge is 0.490 e. The van der Waals surface area contributed by atoms with Crippen LogP contribution in [0.3, 0.4) is 0 Å². The molecule has 1 heterocycles. The fraction of sp³-hybridized carbons (Fsp3) is 0.448. The van der Waals surface area contributed by atoms with E-state index in [9.17, 15) is 22.8 Å². The van der Waals surface area contributed by atoms with Gasteiger partial charge >= 0.3 is 12.1 Å². The Hall–Kier alpha value is -3.04. The lowest BCUT2D eigenvalue weighted by molar-refractivity contribution is -0.205. The summed E-state index contributed by atoms with van der Waals surface area (Å²) >= 11 is 6.01. The zero-order chi connectivity index (χ0) is 28.2. The highest BCUT2D eigenvalue weighted by Gasteiger charge is 2.42. The quantitative estimate of drug-likeness (QED) is 0.288. The number of aromatic amines is 1. The van der Waals surface area contributed by atoms with Gasteiger partial charge in [-0.3, -0.25) is 4.79 Å². The van der Waals surface area contributed by atoms with Crippen LogP contribution in [-0.4, -0.2) is 53.6 Å². The summed E-state index contributed by atoms with van der Waals surface area (Å²) in [6, 6.07) is 11.9. The first kappa shape index (κ1) is 29.0. The standard InChI is InChI=1S/C29H33ClF3N3O3/c1-18(34-17-25(39-28(38)29(31,32)33)19-8-6-9-21(30)15-19)14-20-16-35-26-23(20)12-7-13-24(26)27(37)36(2)22-10-4-3-5-11-22/h6-9,12-13,15-16,18,22,25,34-35H,3-5,10-11,14,17H2,1-2H3/t18-,25+/m1/s1. The van der Waals surface area contributed by atoms with Crippen molar-refractivity contribution in [2.45, 2.75) is 69.8 Å². The lowest BCUT2D eigenvalue weighted by Gasteiger charge is -2.31. The van der Waals surface area contributed by atoms with Crippen molar-refractivity contribution in [3.8, 4) is 0 Å². The van der Waals surface area contributed by atoms with Crippen molar-refractivity contribution in [3.05, 3.63) is 70.4 Å². The lowest BCUT2D eigenvalue weighted by atomic mass is 9.94. The second-order valence-electron chi connectivity index (χ2n) is 10.2. The number of carbonyl (C=O) groups is 2. The topological polar surface area (TPSA) is 74.4 Å². The van der Waals surface area contributed by atoms with Crippen LogP contribution >= 0.6 is 11.6 Å². The number of halogens is 4. The third-order valence-electron chi connectivity index (χ3n) is 7.35. The van der Waals surface area contributed by atoms with Gasteiger partial charge in [0.2, 0.25) is 0 Å². The van der Waals surface area contributed by atoms with Gasteiger partial charge in [0.15, 0.2) is 0 Å². The molecule has 0 spiro atoms. The normalized spacial score (nSPS) is 16.2. The van der Waals surface area contributed by atoms with Gasteiger partial charge in [-0.2, -0.15) is 13.2 Å². The van der Waals surface area contributed by atoms with E-state index >= 15 is 0 Å². The number of nitrogens with one attached hydrogen (secondary N) is 2. The molecular weight excluding hydrogens is 531 g/mol. The van der Waals surface area contributed by atoms with E-state index in [0.29, 0.717) is 22.6 Å². The minimum absolute atomic E-state index is 0.0112. The monoisotopic (exact) mass is 563 g/mol. The Balaban J connectivity index is 1.45. The Morgan fingerprint density at radius 1 is 1.15 bits per heavy atom. The average Bonchev–Trinajstić information content (AvgIpc) is 3.32. The molecule has 210 valence electrons. The summed E-state index contributed by atoms with van der Waals surface area (Å²) in [5, 5.41) is 4.43. The molecule has 4 rings (SSSR count). The number of hydrogen-bond acceptors (Lipinski definition) is 4. The number of para-hydroxylation sites is 1. The molecule has 2 atom stereocenters. The third kappa shape index (κ3) is 7.13. The predicted molar refractivity (Wildman–Crippen MR) is 145 cm³/mol. The summed E-state index contributed by atoms with van der Waals surface area (Å²) in [5.41, 5.74) is 2.71. The van der Waals surface area contributed by atoms with Gasteiger partial charge in [0.05, 0.1) is 11.1 Å². The highest BCUT2D eigenvalue weighted by atomic mass is 35.5. The van der Waals surface area contributed by atoms with Gasteiger partial charge in [-0.1, -0.05) is 55.1 Å². The van der Waals surface area contributed by atoms with Crippen LogP contribution in [0.25, 0.3) is 10.9 Å². The first-order valence-corrected chi connectivity index (χ1v) is 13.5. The highest BCUT2D eigenvalue weighted by Crippen LogP contribution is 2.28. The van der Waals surface area contributed by atoms with Gasteiger partial charge in [-0.15, -0.1) is 0 Å². The minimum Gasteiger partial charge on any atom is -0.449 e. The first-order chi connectivity index (χ1) is 18.5. The van der Waals surface area contributed by atoms with E-state index < -0.39 is 18.2 Å². The van der Waals surface area contributed by atoms with Crippen molar-refractivity contribution in [1.82, 2.24) is 15.2 Å². The number of amides is 1. The molecule has 2 aromatic carbocycles. The molecule has 0 radical (unpaired) electrons. The van der Waals surface area contributed by atoms with Gasteiger partial charge in [0.25, 0.3) is 5.91 Å². The van der Waals surface area contributed by atoms with Crippen molar-refractivity contribution in [3.63, 3.8) is 0 Å². The van der Waals surface area contributed by atoms with E-state index in [4.69, 9.17) is 16.3 Å². The summed E-state index contributed by atoms with van der Waals surface area (Å²) < 4.78 is 43.5. The summed E-state index contributed by atoms with van der Waals surface area (Å²) in [6.45, 7) is 1.85. The van der Waals surface area contributed by atoms with Crippen LogP contribution in [0.5, 0.6) is 0 Å². The van der Waals surface area contributed by atoms with E-state index in [0.717, 1.165) is 42.1 Å². The zero-order valence-electron chi connectivity index (χ0n) is 22.0. The Morgan fingerprint density at radius 2 is 1.87 bits per heavy atom. The molecule has 2 N–H and O–H groups in total. The van der Waals surface area contributed by atoms with E-state index in [1.807, 2.05) is 43.3 Å². The van der Waals surface area contributed by atoms with Gasteiger partial charge in [0, 0.05) is 42.3 Å². The van der Waals surface area contributed by atoms with Crippen molar-refractivity contribution in [1.29, 1.82) is 0 Å². The van der Waals surface area contributed by atoms with Crippen LogP contribution in [-0.2, 0) is 16.0 Å². The van der Waals surface area contributed by atoms with E-state index in [1.54, 1.807) is 18.2 Å². The number of carbonyl (C=O) groups excluding carboxylic acids is 2. The van der Waals surface area contributed by atoms with E-state index in [-0.39, 0.29) is 24.5 Å². The maximum atomic E-state index is 13.3. The zero-order valence-corrected chi connectivity index (χ0v) is 22.7. The number of hydrogen-bond donors (Lipinski definition) is 2. The SMILES string of the molecule is C[C@H](Cc1c[nH]c2c(C(=O)N(C)C3CCCCC3)cccc12)NC[C@H](OC(=O)C(F)(F)F)c1cccc(Cl)c1. The van der Waals surface area contributed by atoms with Crippen LogP contribution in [0, 0.1) is 0 Å². The number of benzene rings is 2. The van der Waals surface area contributed by atoms with Gasteiger partial charge in [-0.25, -0.2) is 4.79 Å². The van der Waals surface area contributed by atoms with Crippen LogP contribution < -0.4 is 5.32 Å². The summed E-state index contributed by atoms with van der Waals surface area (Å²) in [7, 11) is 1.87. The molecular formula is C29H33ClF3N3O3. The molecule has 1 amide bonds. The summed E-state index contributed by atoms with van der Waals surface area (Å²) in [4.78, 5) is 30.0. The molecule has 1 aromatic heterocycles. The number of nitrogens with zero attached hydrogens (tertiary/aromatic N) is 1. The summed E-state index contributed by atoms with van der Waals surface area (Å²) in [6.07, 6.45) is 1.64. The number of esters is 1. The smallest absolute Gasteiger partial charge is 0.449 e. The van der Waals surface area contributed by atoms with Crippen LogP contribution in [0.1, 0.15) is 66.6 Å². The molecule has 6 nitrogen and oxygen atoms in total. The molecule has 39 heavy (non-hydrogen) atoms. The van der Waals surface area contributed by atoms with E-state index in [2.05, 4.69) is 10.3 Å². The van der Waals surface area contributed by atoms with Gasteiger partial charge in [-0.05, 0) is 55.5 Å². The molecule has 0 unspecified atom stereocenters. The molecule has 3 aromatic rings. The second kappa shape index (κ2) is 12.4. The Kier molecular flexibility index (Phi) is 9.23. The fourth-order valence-corrected chi connectivity index (χ4v) is 5.42. The maximum absolute atomic E-state index is 13.3. The first-order valence-electron chi connectivity index (χ1n) is 13.2. The molecule has 0 aliphatic heterocycles. The Bertz CT molecular complexity index is 1300. The molecule has 1 fully saturated rings. The second-order valence-corrected chi connectivity index (χ2v) is 10.6. The Morgan fingerprint density at radius 3 is 2.56 bits per heavy atom. The van der Waals surface area contributed by atoms with Crippen molar-refractivity contribution >= 4 is 34.4 Å². The summed E-state index contributed by atoms with van der Waals surface area (Å²) in [5.74, 6) is -2.27. The average molecular weight is 564 g/mol. The number of aromatic nitrogens is 1. The lowest BCUT2D eigenvalue weighted by Crippen LogP contribution is -2.38. The number of alkyl halides is 3. The molecule has 1 aliphatic carbocycles. The van der Waals surface area contributed by atoms with E-state index in [1.165, 1.54) is 12.5 Å². The molecule has 0 saturated heterocycles. The van der Waals surface area contributed by atoms with Crippen molar-refractivity contribution in [2.75, 3.05) is 13.6 Å².